The highest BCUT2D eigenvalue weighted by Gasteiger charge is 2.31. The van der Waals surface area contributed by atoms with Crippen molar-refractivity contribution in [1.29, 1.82) is 0 Å². The minimum atomic E-state index is -0.275. The molecule has 0 atom stereocenters. The van der Waals surface area contributed by atoms with Crippen LogP contribution in [0.5, 0.6) is 0 Å². The van der Waals surface area contributed by atoms with Crippen molar-refractivity contribution >= 4 is 51.0 Å². The Hall–Kier alpha value is -1.75. The summed E-state index contributed by atoms with van der Waals surface area (Å²) in [5, 5.41) is 2.81. The number of aromatic nitrogens is 1. The molecule has 1 N–H and O–H groups in total. The molecule has 0 amide bonds. The SMILES string of the molecule is CCOC(=O)C1=C2CNSCN2C(c2nccs2)=NC1.Fc1cccc(Br)c1. The summed E-state index contributed by atoms with van der Waals surface area (Å²) in [6, 6.07) is 6.26. The first-order valence-corrected chi connectivity index (χ1v) is 11.1. The number of fused-ring (bicyclic) bond motifs is 1. The van der Waals surface area contributed by atoms with Crippen LogP contribution in [0.4, 0.5) is 4.39 Å². The third-order valence-electron chi connectivity index (χ3n) is 3.78. The summed E-state index contributed by atoms with van der Waals surface area (Å²) in [5.74, 6) is 1.07. The number of carbonyl (C=O) groups is 1. The largest absolute Gasteiger partial charge is 0.463 e. The predicted molar refractivity (Wildman–Crippen MR) is 114 cm³/mol. The van der Waals surface area contributed by atoms with Crippen molar-refractivity contribution in [2.24, 2.45) is 4.99 Å². The first-order chi connectivity index (χ1) is 13.6. The van der Waals surface area contributed by atoms with E-state index in [1.807, 2.05) is 12.3 Å². The van der Waals surface area contributed by atoms with Crippen molar-refractivity contribution in [3.05, 3.63) is 62.4 Å². The van der Waals surface area contributed by atoms with Crippen molar-refractivity contribution in [3.8, 4) is 0 Å². The quantitative estimate of drug-likeness (QED) is 0.527. The van der Waals surface area contributed by atoms with Crippen LogP contribution < -0.4 is 4.72 Å². The lowest BCUT2D eigenvalue weighted by Gasteiger charge is -2.35. The fourth-order valence-electron chi connectivity index (χ4n) is 2.57. The zero-order valence-corrected chi connectivity index (χ0v) is 18.2. The van der Waals surface area contributed by atoms with E-state index in [1.54, 1.807) is 41.6 Å². The van der Waals surface area contributed by atoms with Gasteiger partial charge in [0.25, 0.3) is 0 Å². The minimum absolute atomic E-state index is 0.209. The van der Waals surface area contributed by atoms with Gasteiger partial charge in [-0.05, 0) is 25.1 Å². The molecular weight excluding hydrogens is 467 g/mol. The zero-order chi connectivity index (χ0) is 19.9. The van der Waals surface area contributed by atoms with Gasteiger partial charge in [-0.25, -0.2) is 14.2 Å². The monoisotopic (exact) mass is 484 g/mol. The van der Waals surface area contributed by atoms with E-state index in [4.69, 9.17) is 4.74 Å². The molecule has 6 nitrogen and oxygen atoms in total. The van der Waals surface area contributed by atoms with Gasteiger partial charge in [-0.15, -0.1) is 11.3 Å². The van der Waals surface area contributed by atoms with Gasteiger partial charge in [-0.3, -0.25) is 9.71 Å². The maximum absolute atomic E-state index is 12.1. The first kappa shape index (κ1) is 21.0. The van der Waals surface area contributed by atoms with Crippen LogP contribution in [0.3, 0.4) is 0 Å². The summed E-state index contributed by atoms with van der Waals surface area (Å²) < 4.78 is 21.2. The molecular formula is C18H18BrFN4O2S2. The van der Waals surface area contributed by atoms with E-state index < -0.39 is 0 Å². The van der Waals surface area contributed by atoms with E-state index in [0.29, 0.717) is 31.1 Å². The van der Waals surface area contributed by atoms with Gasteiger partial charge < -0.3 is 9.64 Å². The lowest BCUT2D eigenvalue weighted by atomic mass is 10.1. The van der Waals surface area contributed by atoms with E-state index in [-0.39, 0.29) is 11.8 Å². The van der Waals surface area contributed by atoms with E-state index in [9.17, 15) is 9.18 Å². The fraction of sp³-hybridized carbons (Fsp3) is 0.278. The van der Waals surface area contributed by atoms with Gasteiger partial charge in [-0.1, -0.05) is 33.9 Å². The number of nitrogens with zero attached hydrogens (tertiary/aromatic N) is 3. The molecule has 0 unspecified atom stereocenters. The number of ether oxygens (including phenoxy) is 1. The van der Waals surface area contributed by atoms with Crippen molar-refractivity contribution in [2.75, 3.05) is 25.6 Å². The molecule has 148 valence electrons. The molecule has 0 aliphatic carbocycles. The molecule has 3 heterocycles. The highest BCUT2D eigenvalue weighted by Crippen LogP contribution is 2.27. The Morgan fingerprint density at radius 3 is 2.96 bits per heavy atom. The Labute approximate surface area is 179 Å². The van der Waals surface area contributed by atoms with Crippen LogP contribution in [0.15, 0.2) is 56.6 Å². The van der Waals surface area contributed by atoms with Gasteiger partial charge >= 0.3 is 5.97 Å². The van der Waals surface area contributed by atoms with Crippen LogP contribution in [0.1, 0.15) is 11.9 Å². The molecule has 2 aromatic rings. The summed E-state index contributed by atoms with van der Waals surface area (Å²) >= 11 is 6.27. The molecule has 2 aliphatic heterocycles. The summed E-state index contributed by atoms with van der Waals surface area (Å²) in [6.45, 7) is 3.17. The topological polar surface area (TPSA) is 66.8 Å². The molecule has 4 rings (SSSR count). The van der Waals surface area contributed by atoms with Gasteiger partial charge in [0.1, 0.15) is 5.82 Å². The molecule has 0 bridgehead atoms. The molecule has 0 saturated carbocycles. The summed E-state index contributed by atoms with van der Waals surface area (Å²) in [5.41, 5.74) is 1.59. The van der Waals surface area contributed by atoms with Gasteiger partial charge in [0.05, 0.1) is 24.6 Å². The van der Waals surface area contributed by atoms with Crippen LogP contribution in [-0.4, -0.2) is 47.3 Å². The third kappa shape index (κ3) is 5.19. The second-order valence-electron chi connectivity index (χ2n) is 5.59. The maximum Gasteiger partial charge on any atom is 0.337 e. The standard InChI is InChI=1S/C12H14N4O2S2.C6H4BrF/c1-2-18-12(17)8-5-14-10(11-13-3-4-19-11)16-7-20-15-6-9(8)16;7-5-2-1-3-6(8)4-5/h3-4,15H,2,5-7H2,1H3;1-4H. The van der Waals surface area contributed by atoms with Crippen molar-refractivity contribution in [1.82, 2.24) is 14.6 Å². The number of hydrogen-bond acceptors (Lipinski definition) is 8. The zero-order valence-electron chi connectivity index (χ0n) is 15.0. The highest BCUT2D eigenvalue weighted by atomic mass is 79.9. The van der Waals surface area contributed by atoms with Gasteiger partial charge in [0.15, 0.2) is 10.8 Å². The lowest BCUT2D eigenvalue weighted by molar-refractivity contribution is -0.138. The van der Waals surface area contributed by atoms with Gasteiger partial charge in [0, 0.05) is 28.3 Å². The Morgan fingerprint density at radius 2 is 2.32 bits per heavy atom. The average molecular weight is 485 g/mol. The van der Waals surface area contributed by atoms with Crippen LogP contribution in [0.25, 0.3) is 0 Å². The van der Waals surface area contributed by atoms with Crippen LogP contribution in [-0.2, 0) is 9.53 Å². The van der Waals surface area contributed by atoms with E-state index in [1.165, 1.54) is 12.1 Å². The number of carbonyl (C=O) groups excluding carboxylic acids is 1. The summed E-state index contributed by atoms with van der Waals surface area (Å²) in [4.78, 5) is 22.9. The molecule has 1 fully saturated rings. The smallest absolute Gasteiger partial charge is 0.337 e. The molecule has 0 spiro atoms. The van der Waals surface area contributed by atoms with E-state index in [0.717, 1.165) is 21.0 Å². The van der Waals surface area contributed by atoms with E-state index >= 15 is 0 Å². The first-order valence-electron chi connectivity index (χ1n) is 8.47. The lowest BCUT2D eigenvalue weighted by Crippen LogP contribution is -2.43. The van der Waals surface area contributed by atoms with Gasteiger partial charge in [0.2, 0.25) is 0 Å². The Morgan fingerprint density at radius 1 is 1.46 bits per heavy atom. The number of amidine groups is 1. The Bertz CT molecular complexity index is 872. The molecule has 1 saturated heterocycles. The summed E-state index contributed by atoms with van der Waals surface area (Å²) in [7, 11) is 0. The molecule has 1 aromatic carbocycles. The third-order valence-corrected chi connectivity index (χ3v) is 5.78. The molecule has 1 aromatic heterocycles. The predicted octanol–water partition coefficient (Wildman–Crippen LogP) is 3.82. The van der Waals surface area contributed by atoms with Crippen molar-refractivity contribution < 1.29 is 13.9 Å². The highest BCUT2D eigenvalue weighted by molar-refractivity contribution is 9.10. The number of esters is 1. The minimum Gasteiger partial charge on any atom is -0.463 e. The Kier molecular flexibility index (Phi) is 7.60. The average Bonchev–Trinajstić information content (AvgIpc) is 3.22. The summed E-state index contributed by atoms with van der Waals surface area (Å²) in [6.07, 6.45) is 1.77. The number of nitrogens with one attached hydrogen (secondary N) is 1. The number of thiazole rings is 1. The number of halogens is 2. The second-order valence-corrected chi connectivity index (χ2v) is 8.23. The van der Waals surface area contributed by atoms with Crippen molar-refractivity contribution in [2.45, 2.75) is 6.92 Å². The van der Waals surface area contributed by atoms with Gasteiger partial charge in [-0.2, -0.15) is 0 Å². The van der Waals surface area contributed by atoms with Crippen molar-refractivity contribution in [3.63, 3.8) is 0 Å². The van der Waals surface area contributed by atoms with E-state index in [2.05, 4.69) is 35.5 Å². The molecule has 28 heavy (non-hydrogen) atoms. The van der Waals surface area contributed by atoms with Crippen LogP contribution in [0.2, 0.25) is 0 Å². The maximum atomic E-state index is 12.1. The molecule has 0 radical (unpaired) electrons. The van der Waals surface area contributed by atoms with Crippen LogP contribution >= 0.6 is 39.2 Å². The van der Waals surface area contributed by atoms with Crippen LogP contribution in [0, 0.1) is 5.82 Å². The Balaban J connectivity index is 0.000000236. The second kappa shape index (κ2) is 10.1. The molecule has 10 heteroatoms. The fourth-order valence-corrected chi connectivity index (χ4v) is 4.33. The number of benzene rings is 1. The number of hydrogen-bond donors (Lipinski definition) is 1. The number of aliphatic imine (C=N–C) groups is 1. The number of rotatable bonds is 3. The molecule has 2 aliphatic rings. The normalized spacial score (nSPS) is 16.0.